The fraction of sp³-hybridized carbons (Fsp3) is 0.133. The standard InChI is InChI=1S/C15H14N4O/c1-2-16-15(20)13-9-11(7-8-17-13)19-10-18-12-5-3-4-6-14(12)19/h3-10H,2H2,1H3,(H,16,20). The second-order valence-electron chi connectivity index (χ2n) is 4.36. The maximum absolute atomic E-state index is 11.8. The van der Waals surface area contributed by atoms with Crippen LogP contribution < -0.4 is 5.32 Å². The molecule has 1 aromatic carbocycles. The van der Waals surface area contributed by atoms with Crippen LogP contribution in [0.2, 0.25) is 0 Å². The van der Waals surface area contributed by atoms with Crippen molar-refractivity contribution in [3.63, 3.8) is 0 Å². The molecule has 0 bridgehead atoms. The molecule has 0 saturated heterocycles. The van der Waals surface area contributed by atoms with Gasteiger partial charge in [0.25, 0.3) is 5.91 Å². The predicted octanol–water partition coefficient (Wildman–Crippen LogP) is 2.17. The Morgan fingerprint density at radius 1 is 1.25 bits per heavy atom. The van der Waals surface area contributed by atoms with Crippen LogP contribution in [0.1, 0.15) is 17.4 Å². The molecule has 100 valence electrons. The Bertz CT molecular complexity index is 763. The molecule has 3 rings (SSSR count). The van der Waals surface area contributed by atoms with E-state index in [-0.39, 0.29) is 5.91 Å². The van der Waals surface area contributed by atoms with Gasteiger partial charge >= 0.3 is 0 Å². The Labute approximate surface area is 116 Å². The summed E-state index contributed by atoms with van der Waals surface area (Å²) in [6.07, 6.45) is 3.39. The maximum Gasteiger partial charge on any atom is 0.269 e. The molecule has 0 spiro atoms. The zero-order valence-electron chi connectivity index (χ0n) is 11.1. The van der Waals surface area contributed by atoms with Gasteiger partial charge in [0.1, 0.15) is 12.0 Å². The van der Waals surface area contributed by atoms with E-state index in [0.717, 1.165) is 16.7 Å². The van der Waals surface area contributed by atoms with Crippen LogP contribution in [0.15, 0.2) is 48.9 Å². The second kappa shape index (κ2) is 5.13. The Hall–Kier alpha value is -2.69. The average molecular weight is 266 g/mol. The third kappa shape index (κ3) is 2.14. The van der Waals surface area contributed by atoms with Crippen molar-refractivity contribution >= 4 is 16.9 Å². The van der Waals surface area contributed by atoms with E-state index in [2.05, 4.69) is 15.3 Å². The van der Waals surface area contributed by atoms with E-state index < -0.39 is 0 Å². The van der Waals surface area contributed by atoms with Gasteiger partial charge in [-0.1, -0.05) is 12.1 Å². The maximum atomic E-state index is 11.8. The third-order valence-electron chi connectivity index (χ3n) is 3.05. The van der Waals surface area contributed by atoms with E-state index in [9.17, 15) is 4.79 Å². The van der Waals surface area contributed by atoms with Crippen molar-refractivity contribution in [2.45, 2.75) is 6.92 Å². The molecule has 0 fully saturated rings. The topological polar surface area (TPSA) is 59.8 Å². The highest BCUT2D eigenvalue weighted by atomic mass is 16.1. The Balaban J connectivity index is 2.06. The molecule has 0 aliphatic rings. The van der Waals surface area contributed by atoms with Crippen LogP contribution in [-0.4, -0.2) is 27.0 Å². The number of benzene rings is 1. The minimum absolute atomic E-state index is 0.168. The highest BCUT2D eigenvalue weighted by molar-refractivity contribution is 5.92. The van der Waals surface area contributed by atoms with E-state index in [1.165, 1.54) is 0 Å². The summed E-state index contributed by atoms with van der Waals surface area (Å²) >= 11 is 0. The number of hydrogen-bond donors (Lipinski definition) is 1. The summed E-state index contributed by atoms with van der Waals surface area (Å²) in [4.78, 5) is 20.3. The molecule has 0 aliphatic heterocycles. The molecule has 5 nitrogen and oxygen atoms in total. The Kier molecular flexibility index (Phi) is 3.16. The van der Waals surface area contributed by atoms with E-state index >= 15 is 0 Å². The normalized spacial score (nSPS) is 10.7. The number of rotatable bonds is 3. The number of pyridine rings is 1. The first-order chi connectivity index (χ1) is 9.79. The second-order valence-corrected chi connectivity index (χ2v) is 4.36. The molecule has 2 heterocycles. The largest absolute Gasteiger partial charge is 0.351 e. The van der Waals surface area contributed by atoms with Crippen LogP contribution in [-0.2, 0) is 0 Å². The molecular weight excluding hydrogens is 252 g/mol. The summed E-state index contributed by atoms with van der Waals surface area (Å²) in [5.74, 6) is -0.168. The molecule has 1 amide bonds. The van der Waals surface area contributed by atoms with Gasteiger partial charge in [-0.05, 0) is 31.2 Å². The number of amides is 1. The summed E-state index contributed by atoms with van der Waals surface area (Å²) < 4.78 is 1.94. The zero-order chi connectivity index (χ0) is 13.9. The molecule has 1 N–H and O–H groups in total. The van der Waals surface area contributed by atoms with Crippen molar-refractivity contribution in [3.05, 3.63) is 54.6 Å². The number of fused-ring (bicyclic) bond motifs is 1. The number of para-hydroxylation sites is 2. The van der Waals surface area contributed by atoms with E-state index in [1.807, 2.05) is 41.8 Å². The lowest BCUT2D eigenvalue weighted by Crippen LogP contribution is -2.23. The number of carbonyl (C=O) groups is 1. The van der Waals surface area contributed by atoms with E-state index in [0.29, 0.717) is 12.2 Å². The van der Waals surface area contributed by atoms with Gasteiger partial charge in [0, 0.05) is 12.7 Å². The van der Waals surface area contributed by atoms with Crippen LogP contribution in [0.5, 0.6) is 0 Å². The lowest BCUT2D eigenvalue weighted by Gasteiger charge is -2.06. The van der Waals surface area contributed by atoms with Crippen molar-refractivity contribution < 1.29 is 4.79 Å². The van der Waals surface area contributed by atoms with E-state index in [4.69, 9.17) is 0 Å². The molecule has 0 saturated carbocycles. The van der Waals surface area contributed by atoms with Gasteiger partial charge < -0.3 is 5.32 Å². The fourth-order valence-electron chi connectivity index (χ4n) is 2.11. The van der Waals surface area contributed by atoms with Gasteiger partial charge in [0.2, 0.25) is 0 Å². The molecule has 0 radical (unpaired) electrons. The number of nitrogens with zero attached hydrogens (tertiary/aromatic N) is 3. The minimum atomic E-state index is -0.168. The molecule has 2 aromatic heterocycles. The first-order valence-electron chi connectivity index (χ1n) is 6.46. The molecule has 0 unspecified atom stereocenters. The highest BCUT2D eigenvalue weighted by Gasteiger charge is 2.09. The van der Waals surface area contributed by atoms with Crippen LogP contribution in [0, 0.1) is 0 Å². The SMILES string of the molecule is CCNC(=O)c1cc(-n2cnc3ccccc32)ccn1. The fourth-order valence-corrected chi connectivity index (χ4v) is 2.11. The average Bonchev–Trinajstić information content (AvgIpc) is 2.91. The van der Waals surface area contributed by atoms with Crippen molar-refractivity contribution in [2.24, 2.45) is 0 Å². The van der Waals surface area contributed by atoms with Gasteiger partial charge in [0.15, 0.2) is 0 Å². The molecule has 5 heteroatoms. The zero-order valence-corrected chi connectivity index (χ0v) is 11.1. The molecule has 0 atom stereocenters. The third-order valence-corrected chi connectivity index (χ3v) is 3.05. The summed E-state index contributed by atoms with van der Waals surface area (Å²) in [6.45, 7) is 2.46. The van der Waals surface area contributed by atoms with Gasteiger partial charge in [0.05, 0.1) is 16.7 Å². The Morgan fingerprint density at radius 2 is 2.10 bits per heavy atom. The number of imidazole rings is 1. The van der Waals surface area contributed by atoms with Gasteiger partial charge in [-0.25, -0.2) is 4.98 Å². The van der Waals surface area contributed by atoms with Crippen molar-refractivity contribution in [3.8, 4) is 5.69 Å². The smallest absolute Gasteiger partial charge is 0.269 e. The summed E-state index contributed by atoms with van der Waals surface area (Å²) in [5, 5.41) is 2.75. The highest BCUT2D eigenvalue weighted by Crippen LogP contribution is 2.17. The monoisotopic (exact) mass is 266 g/mol. The Morgan fingerprint density at radius 3 is 2.95 bits per heavy atom. The van der Waals surface area contributed by atoms with Crippen molar-refractivity contribution in [1.29, 1.82) is 0 Å². The van der Waals surface area contributed by atoms with Gasteiger partial charge in [-0.2, -0.15) is 0 Å². The molecule has 0 aliphatic carbocycles. The lowest BCUT2D eigenvalue weighted by atomic mass is 10.2. The lowest BCUT2D eigenvalue weighted by molar-refractivity contribution is 0.0951. The summed E-state index contributed by atoms with van der Waals surface area (Å²) in [6, 6.07) is 11.5. The van der Waals surface area contributed by atoms with Gasteiger partial charge in [-0.3, -0.25) is 14.3 Å². The number of hydrogen-bond acceptors (Lipinski definition) is 3. The number of aromatic nitrogens is 3. The van der Waals surface area contributed by atoms with Crippen LogP contribution in [0.3, 0.4) is 0 Å². The van der Waals surface area contributed by atoms with Crippen molar-refractivity contribution in [2.75, 3.05) is 6.54 Å². The van der Waals surface area contributed by atoms with E-state index in [1.54, 1.807) is 18.6 Å². The van der Waals surface area contributed by atoms with Crippen LogP contribution in [0.25, 0.3) is 16.7 Å². The predicted molar refractivity (Wildman–Crippen MR) is 76.9 cm³/mol. The summed E-state index contributed by atoms with van der Waals surface area (Å²) in [7, 11) is 0. The molecular formula is C15H14N4O. The molecule has 3 aromatic rings. The first-order valence-corrected chi connectivity index (χ1v) is 6.46. The summed E-state index contributed by atoms with van der Waals surface area (Å²) in [5.41, 5.74) is 3.20. The number of nitrogens with one attached hydrogen (secondary N) is 1. The van der Waals surface area contributed by atoms with Crippen LogP contribution in [0.4, 0.5) is 0 Å². The number of carbonyl (C=O) groups excluding carboxylic acids is 1. The minimum Gasteiger partial charge on any atom is -0.351 e. The molecule has 20 heavy (non-hydrogen) atoms. The van der Waals surface area contributed by atoms with Gasteiger partial charge in [-0.15, -0.1) is 0 Å². The van der Waals surface area contributed by atoms with Crippen LogP contribution >= 0.6 is 0 Å². The van der Waals surface area contributed by atoms with Crippen molar-refractivity contribution in [1.82, 2.24) is 19.9 Å². The first kappa shape index (κ1) is 12.3. The quantitative estimate of drug-likeness (QED) is 0.790.